The number of furan rings is 1. The summed E-state index contributed by atoms with van der Waals surface area (Å²) in [6, 6.07) is 4.90. The van der Waals surface area contributed by atoms with Crippen LogP contribution < -0.4 is 9.47 Å². The van der Waals surface area contributed by atoms with Gasteiger partial charge < -0.3 is 19.0 Å². The van der Waals surface area contributed by atoms with Gasteiger partial charge >= 0.3 is 5.97 Å². The molecule has 0 aliphatic carbocycles. The van der Waals surface area contributed by atoms with Crippen molar-refractivity contribution in [3.8, 4) is 11.5 Å². The molecular weight excluding hydrogens is 264 g/mol. The average molecular weight is 278 g/mol. The number of carboxylic acid groups (broad SMARTS) is 1. The van der Waals surface area contributed by atoms with Gasteiger partial charge in [0.05, 0.1) is 20.6 Å². The predicted octanol–water partition coefficient (Wildman–Crippen LogP) is 2.50. The first kappa shape index (κ1) is 13.9. The van der Waals surface area contributed by atoms with Crippen molar-refractivity contribution in [1.29, 1.82) is 0 Å². The predicted molar refractivity (Wildman–Crippen MR) is 70.5 cm³/mol. The molecular formula is C14H14O6. The van der Waals surface area contributed by atoms with E-state index in [1.54, 1.807) is 18.2 Å². The number of hydrogen-bond acceptors (Lipinski definition) is 5. The normalized spacial score (nSPS) is 10.5. The van der Waals surface area contributed by atoms with E-state index < -0.39 is 5.97 Å². The minimum absolute atomic E-state index is 0.0938. The molecule has 0 atom stereocenters. The van der Waals surface area contributed by atoms with Gasteiger partial charge in [0.1, 0.15) is 5.58 Å². The van der Waals surface area contributed by atoms with Crippen LogP contribution in [-0.2, 0) is 4.79 Å². The standard InChI is InChI=1S/C14H14O6/c1-18-12-6-8-5-11(9(15)3-4-14(16)17)20-10(8)7-13(12)19-2/h5-7H,3-4H2,1-2H3,(H,16,17). The van der Waals surface area contributed by atoms with Crippen molar-refractivity contribution in [2.75, 3.05) is 14.2 Å². The van der Waals surface area contributed by atoms with Gasteiger partial charge in [0, 0.05) is 17.9 Å². The van der Waals surface area contributed by atoms with E-state index in [0.29, 0.717) is 22.5 Å². The third-order valence-electron chi connectivity index (χ3n) is 2.86. The lowest BCUT2D eigenvalue weighted by Gasteiger charge is -2.06. The van der Waals surface area contributed by atoms with Crippen molar-refractivity contribution >= 4 is 22.7 Å². The zero-order valence-electron chi connectivity index (χ0n) is 11.1. The number of aliphatic carboxylic acids is 1. The quantitative estimate of drug-likeness (QED) is 0.817. The Bertz CT molecular complexity index is 614. The molecule has 0 radical (unpaired) electrons. The number of carboxylic acids is 1. The van der Waals surface area contributed by atoms with Crippen LogP contribution in [0.15, 0.2) is 22.6 Å². The first-order valence-corrected chi connectivity index (χ1v) is 5.95. The highest BCUT2D eigenvalue weighted by Crippen LogP contribution is 2.33. The molecule has 0 saturated heterocycles. The van der Waals surface area contributed by atoms with Gasteiger partial charge in [-0.1, -0.05) is 0 Å². The van der Waals surface area contributed by atoms with E-state index in [1.807, 2.05) is 0 Å². The summed E-state index contributed by atoms with van der Waals surface area (Å²) in [6.07, 6.45) is -0.314. The Kier molecular flexibility index (Phi) is 3.93. The van der Waals surface area contributed by atoms with Crippen LogP contribution in [0.3, 0.4) is 0 Å². The number of Topliss-reactive ketones (excluding diaryl/α,β-unsaturated/α-hetero) is 1. The van der Waals surface area contributed by atoms with Crippen LogP contribution in [0.1, 0.15) is 23.4 Å². The van der Waals surface area contributed by atoms with Crippen molar-refractivity contribution in [3.63, 3.8) is 0 Å². The largest absolute Gasteiger partial charge is 0.493 e. The lowest BCUT2D eigenvalue weighted by Crippen LogP contribution is -2.02. The summed E-state index contributed by atoms with van der Waals surface area (Å²) in [4.78, 5) is 22.3. The lowest BCUT2D eigenvalue weighted by molar-refractivity contribution is -0.136. The molecule has 1 aromatic carbocycles. The van der Waals surface area contributed by atoms with Crippen LogP contribution in [0.25, 0.3) is 11.0 Å². The van der Waals surface area contributed by atoms with E-state index in [0.717, 1.165) is 0 Å². The van der Waals surface area contributed by atoms with E-state index in [4.69, 9.17) is 19.0 Å². The molecule has 2 aromatic rings. The molecule has 6 heteroatoms. The maximum absolute atomic E-state index is 11.8. The Labute approximate surface area is 114 Å². The van der Waals surface area contributed by atoms with E-state index >= 15 is 0 Å². The average Bonchev–Trinajstić information content (AvgIpc) is 2.85. The van der Waals surface area contributed by atoms with Gasteiger partial charge in [-0.05, 0) is 12.1 Å². The molecule has 1 N–H and O–H groups in total. The number of ether oxygens (including phenoxy) is 2. The van der Waals surface area contributed by atoms with E-state index in [2.05, 4.69) is 0 Å². The number of rotatable bonds is 6. The molecule has 0 spiro atoms. The van der Waals surface area contributed by atoms with Gasteiger partial charge in [-0.25, -0.2) is 0 Å². The molecule has 0 bridgehead atoms. The summed E-state index contributed by atoms with van der Waals surface area (Å²) in [6.45, 7) is 0. The number of methoxy groups -OCH3 is 2. The Balaban J connectivity index is 2.33. The number of hydrogen-bond donors (Lipinski definition) is 1. The van der Waals surface area contributed by atoms with Crippen molar-refractivity contribution in [1.82, 2.24) is 0 Å². The first-order valence-electron chi connectivity index (χ1n) is 5.95. The molecule has 0 unspecified atom stereocenters. The molecule has 106 valence electrons. The van der Waals surface area contributed by atoms with E-state index in [9.17, 15) is 9.59 Å². The van der Waals surface area contributed by atoms with Gasteiger partial charge in [-0.3, -0.25) is 9.59 Å². The van der Waals surface area contributed by atoms with Crippen LogP contribution in [-0.4, -0.2) is 31.1 Å². The summed E-state index contributed by atoms with van der Waals surface area (Å²) < 4.78 is 15.7. The summed E-state index contributed by atoms with van der Waals surface area (Å²) >= 11 is 0. The summed E-state index contributed by atoms with van der Waals surface area (Å²) in [5, 5.41) is 9.27. The summed E-state index contributed by atoms with van der Waals surface area (Å²) in [5.41, 5.74) is 0.487. The lowest BCUT2D eigenvalue weighted by atomic mass is 10.1. The molecule has 0 amide bonds. The number of fused-ring (bicyclic) bond motifs is 1. The van der Waals surface area contributed by atoms with Gasteiger partial charge in [0.15, 0.2) is 23.0 Å². The van der Waals surface area contributed by atoms with E-state index in [-0.39, 0.29) is 24.4 Å². The second-order valence-electron chi connectivity index (χ2n) is 4.17. The fourth-order valence-corrected chi connectivity index (χ4v) is 1.85. The van der Waals surface area contributed by atoms with Crippen molar-refractivity contribution in [2.45, 2.75) is 12.8 Å². The Morgan fingerprint density at radius 1 is 1.10 bits per heavy atom. The Morgan fingerprint density at radius 2 is 1.75 bits per heavy atom. The van der Waals surface area contributed by atoms with Crippen molar-refractivity contribution in [3.05, 3.63) is 24.0 Å². The zero-order valence-corrected chi connectivity index (χ0v) is 11.1. The Morgan fingerprint density at radius 3 is 2.35 bits per heavy atom. The second kappa shape index (κ2) is 5.64. The first-order chi connectivity index (χ1) is 9.55. The number of carbonyl (C=O) groups excluding carboxylic acids is 1. The van der Waals surface area contributed by atoms with Crippen LogP contribution >= 0.6 is 0 Å². The maximum atomic E-state index is 11.8. The van der Waals surface area contributed by atoms with Crippen LogP contribution in [0.4, 0.5) is 0 Å². The fourth-order valence-electron chi connectivity index (χ4n) is 1.85. The number of carbonyl (C=O) groups is 2. The van der Waals surface area contributed by atoms with Crippen LogP contribution in [0.5, 0.6) is 11.5 Å². The number of benzene rings is 1. The van der Waals surface area contributed by atoms with Crippen molar-refractivity contribution in [2.24, 2.45) is 0 Å². The zero-order chi connectivity index (χ0) is 14.7. The molecule has 1 aromatic heterocycles. The molecule has 0 aliphatic rings. The van der Waals surface area contributed by atoms with Gasteiger partial charge in [-0.15, -0.1) is 0 Å². The molecule has 6 nitrogen and oxygen atoms in total. The molecule has 20 heavy (non-hydrogen) atoms. The maximum Gasteiger partial charge on any atom is 0.303 e. The fraction of sp³-hybridized carbons (Fsp3) is 0.286. The monoisotopic (exact) mass is 278 g/mol. The second-order valence-corrected chi connectivity index (χ2v) is 4.17. The summed E-state index contributed by atoms with van der Waals surface area (Å²) in [7, 11) is 3.02. The highest BCUT2D eigenvalue weighted by Gasteiger charge is 2.16. The SMILES string of the molecule is COc1cc2cc(C(=O)CCC(=O)O)oc2cc1OC. The molecule has 0 saturated carbocycles. The molecule has 0 aliphatic heterocycles. The molecule has 2 rings (SSSR count). The summed E-state index contributed by atoms with van der Waals surface area (Å²) in [5.74, 6) is -0.194. The smallest absolute Gasteiger partial charge is 0.303 e. The van der Waals surface area contributed by atoms with Gasteiger partial charge in [-0.2, -0.15) is 0 Å². The highest BCUT2D eigenvalue weighted by molar-refractivity contribution is 5.99. The van der Waals surface area contributed by atoms with Crippen molar-refractivity contribution < 1.29 is 28.6 Å². The van der Waals surface area contributed by atoms with Crippen LogP contribution in [0.2, 0.25) is 0 Å². The topological polar surface area (TPSA) is 86.0 Å². The third kappa shape index (κ3) is 2.74. The minimum Gasteiger partial charge on any atom is -0.493 e. The minimum atomic E-state index is -1.02. The number of ketones is 1. The third-order valence-corrected chi connectivity index (χ3v) is 2.86. The van der Waals surface area contributed by atoms with E-state index in [1.165, 1.54) is 14.2 Å². The highest BCUT2D eigenvalue weighted by atomic mass is 16.5. The van der Waals surface area contributed by atoms with Crippen LogP contribution in [0, 0.1) is 0 Å². The molecule has 1 heterocycles. The molecule has 0 fully saturated rings. The Hall–Kier alpha value is -2.50. The van der Waals surface area contributed by atoms with Gasteiger partial charge in [0.2, 0.25) is 0 Å². The van der Waals surface area contributed by atoms with Gasteiger partial charge in [0.25, 0.3) is 0 Å².